The Hall–Kier alpha value is -2.65. The number of ether oxygens (including phenoxy) is 2. The number of hydrogen-bond acceptors (Lipinski definition) is 12. The van der Waals surface area contributed by atoms with Crippen LogP contribution in [0.5, 0.6) is 0 Å². The fourth-order valence-electron chi connectivity index (χ4n) is 3.34. The Morgan fingerprint density at radius 2 is 1.95 bits per heavy atom. The molecule has 2 unspecified atom stereocenters. The van der Waals surface area contributed by atoms with Crippen molar-refractivity contribution in [1.29, 1.82) is 0 Å². The van der Waals surface area contributed by atoms with E-state index in [4.69, 9.17) is 24.3 Å². The molecule has 2 aromatic heterocycles. The maximum Gasteiger partial charge on any atom is 0.356 e. The summed E-state index contributed by atoms with van der Waals surface area (Å²) in [6, 6.07) is 5.97. The third-order valence-corrected chi connectivity index (χ3v) is 8.20. The Bertz CT molecular complexity index is 1430. The standard InChI is InChI=1S/C23H34N5O9PS/c1-3-4-10-35-18(12-29)14-37-38(31,36-13-17-5-7-19(8-6-17)39(2,32)33)16-34-11-9-28-15-25-20-21(28)26-23(24)27-22(20)30/h5-8,15,18,29H,3-4,9-14,16H2,1-2H3,(H3,24,26,27,30). The van der Waals surface area contributed by atoms with Crippen molar-refractivity contribution in [2.45, 2.75) is 43.9 Å². The van der Waals surface area contributed by atoms with Crippen molar-refractivity contribution < 1.29 is 36.6 Å². The van der Waals surface area contributed by atoms with Crippen molar-refractivity contribution >= 4 is 34.5 Å². The van der Waals surface area contributed by atoms with Gasteiger partial charge in [0.25, 0.3) is 5.56 Å². The summed E-state index contributed by atoms with van der Waals surface area (Å²) in [6.07, 6.45) is 3.12. The second-order valence-electron chi connectivity index (χ2n) is 8.72. The molecule has 3 rings (SSSR count). The molecule has 0 aliphatic rings. The van der Waals surface area contributed by atoms with Crippen molar-refractivity contribution in [3.05, 3.63) is 46.5 Å². The molecule has 0 saturated carbocycles. The van der Waals surface area contributed by atoms with E-state index in [0.717, 1.165) is 19.1 Å². The SMILES string of the molecule is CCCCOC(CO)COP(=O)(COCCn1cnc2c(=O)[nH]c(N)nc21)OCc1ccc(S(C)(=O)=O)cc1. The molecule has 3 aromatic rings. The molecule has 14 nitrogen and oxygen atoms in total. The number of anilines is 1. The predicted octanol–water partition coefficient (Wildman–Crippen LogP) is 1.68. The molecule has 0 bridgehead atoms. The minimum Gasteiger partial charge on any atom is -0.394 e. The molecule has 4 N–H and O–H groups in total. The summed E-state index contributed by atoms with van der Waals surface area (Å²) in [4.78, 5) is 22.6. The molecule has 0 spiro atoms. The minimum atomic E-state index is -3.85. The second kappa shape index (κ2) is 14.1. The van der Waals surface area contributed by atoms with Gasteiger partial charge in [-0.25, -0.2) is 13.4 Å². The van der Waals surface area contributed by atoms with Crippen LogP contribution in [0, 0.1) is 0 Å². The number of benzene rings is 1. The first kappa shape index (κ1) is 30.9. The third kappa shape index (κ3) is 9.21. The molecule has 0 fully saturated rings. The number of nitrogens with two attached hydrogens (primary N) is 1. The highest BCUT2D eigenvalue weighted by Crippen LogP contribution is 2.49. The molecule has 2 heterocycles. The summed E-state index contributed by atoms with van der Waals surface area (Å²) in [5.41, 5.74) is 6.13. The van der Waals surface area contributed by atoms with Gasteiger partial charge in [0, 0.05) is 19.4 Å². The Kier molecular flexibility index (Phi) is 11.2. The number of rotatable bonds is 17. The van der Waals surface area contributed by atoms with Crippen LogP contribution in [0.25, 0.3) is 11.2 Å². The number of H-pyrrole nitrogens is 1. The number of hydrogen-bond donors (Lipinski definition) is 3. The van der Waals surface area contributed by atoms with Gasteiger partial charge in [0.15, 0.2) is 21.0 Å². The quantitative estimate of drug-likeness (QED) is 0.153. The summed E-state index contributed by atoms with van der Waals surface area (Å²) < 4.78 is 60.9. The van der Waals surface area contributed by atoms with Gasteiger partial charge in [-0.2, -0.15) is 4.98 Å². The van der Waals surface area contributed by atoms with E-state index in [1.807, 2.05) is 6.92 Å². The van der Waals surface area contributed by atoms with Crippen LogP contribution in [0.15, 0.2) is 40.3 Å². The minimum absolute atomic E-state index is 0.0503. The summed E-state index contributed by atoms with van der Waals surface area (Å²) in [5.74, 6) is -0.0503. The van der Waals surface area contributed by atoms with E-state index in [-0.39, 0.29) is 55.0 Å². The normalized spacial score (nSPS) is 14.4. The smallest absolute Gasteiger partial charge is 0.356 e. The maximum atomic E-state index is 13.5. The van der Waals surface area contributed by atoms with Crippen LogP contribution in [-0.4, -0.2) is 78.2 Å². The van der Waals surface area contributed by atoms with Crippen molar-refractivity contribution in [3.8, 4) is 0 Å². The van der Waals surface area contributed by atoms with Crippen LogP contribution in [0.3, 0.4) is 0 Å². The maximum absolute atomic E-state index is 13.5. The first-order chi connectivity index (χ1) is 18.5. The number of nitrogens with one attached hydrogen (secondary N) is 1. The number of fused-ring (bicyclic) bond motifs is 1. The van der Waals surface area contributed by atoms with Gasteiger partial charge >= 0.3 is 7.60 Å². The van der Waals surface area contributed by atoms with Crippen molar-refractivity contribution in [3.63, 3.8) is 0 Å². The molecule has 1 aromatic carbocycles. The predicted molar refractivity (Wildman–Crippen MR) is 143 cm³/mol. The second-order valence-corrected chi connectivity index (χ2v) is 12.7. The van der Waals surface area contributed by atoms with Crippen LogP contribution in [0.2, 0.25) is 0 Å². The number of nitrogen functional groups attached to an aromatic ring is 1. The molecule has 2 atom stereocenters. The molecule has 0 aliphatic heterocycles. The lowest BCUT2D eigenvalue weighted by molar-refractivity contribution is -0.0199. The number of aliphatic hydroxyl groups is 1. The number of aromatic nitrogens is 4. The topological polar surface area (TPSA) is 198 Å². The van der Waals surface area contributed by atoms with Crippen LogP contribution in [-0.2, 0) is 46.1 Å². The molecule has 16 heteroatoms. The zero-order chi connectivity index (χ0) is 28.5. The van der Waals surface area contributed by atoms with Crippen molar-refractivity contribution in [2.24, 2.45) is 0 Å². The summed E-state index contributed by atoms with van der Waals surface area (Å²) in [5, 5.41) is 9.60. The lowest BCUT2D eigenvalue weighted by Gasteiger charge is -2.22. The van der Waals surface area contributed by atoms with E-state index in [1.165, 1.54) is 18.5 Å². The molecule has 0 saturated heterocycles. The summed E-state index contributed by atoms with van der Waals surface area (Å²) >= 11 is 0. The number of sulfone groups is 1. The monoisotopic (exact) mass is 587 g/mol. The zero-order valence-corrected chi connectivity index (χ0v) is 23.5. The van der Waals surface area contributed by atoms with Gasteiger partial charge in [0.05, 0.1) is 37.7 Å². The van der Waals surface area contributed by atoms with E-state index < -0.39 is 35.4 Å². The highest BCUT2D eigenvalue weighted by atomic mass is 32.2. The Morgan fingerprint density at radius 1 is 1.21 bits per heavy atom. The lowest BCUT2D eigenvalue weighted by atomic mass is 10.2. The number of nitrogens with zero attached hydrogens (tertiary/aromatic N) is 3. The first-order valence-electron chi connectivity index (χ1n) is 12.2. The average Bonchev–Trinajstić information content (AvgIpc) is 3.30. The fraction of sp³-hybridized carbons (Fsp3) is 0.522. The van der Waals surface area contributed by atoms with Gasteiger partial charge in [-0.15, -0.1) is 0 Å². The third-order valence-electron chi connectivity index (χ3n) is 5.51. The van der Waals surface area contributed by atoms with Crippen LogP contribution in [0.1, 0.15) is 25.3 Å². The average molecular weight is 588 g/mol. The van der Waals surface area contributed by atoms with Gasteiger partial charge in [-0.3, -0.25) is 14.3 Å². The van der Waals surface area contributed by atoms with Crippen molar-refractivity contribution in [2.75, 3.05) is 44.8 Å². The fourth-order valence-corrected chi connectivity index (χ4v) is 5.28. The number of aromatic amines is 1. The molecule has 39 heavy (non-hydrogen) atoms. The van der Waals surface area contributed by atoms with Gasteiger partial charge in [0.2, 0.25) is 5.95 Å². The van der Waals surface area contributed by atoms with E-state index in [1.54, 1.807) is 16.7 Å². The molecular weight excluding hydrogens is 553 g/mol. The van der Waals surface area contributed by atoms with Gasteiger partial charge < -0.3 is 33.9 Å². The highest BCUT2D eigenvalue weighted by molar-refractivity contribution is 7.90. The molecule has 0 amide bonds. The van der Waals surface area contributed by atoms with Crippen LogP contribution < -0.4 is 11.3 Å². The number of aliphatic hydroxyl groups excluding tert-OH is 1. The molecule has 0 aliphatic carbocycles. The lowest BCUT2D eigenvalue weighted by Crippen LogP contribution is -2.24. The van der Waals surface area contributed by atoms with E-state index in [2.05, 4.69) is 15.0 Å². The zero-order valence-electron chi connectivity index (χ0n) is 21.8. The van der Waals surface area contributed by atoms with Gasteiger partial charge in [0.1, 0.15) is 12.5 Å². The van der Waals surface area contributed by atoms with E-state index in [9.17, 15) is 22.9 Å². The summed E-state index contributed by atoms with van der Waals surface area (Å²) in [7, 11) is -7.21. The molecular formula is C23H34N5O9PS. The Morgan fingerprint density at radius 3 is 2.62 bits per heavy atom. The van der Waals surface area contributed by atoms with E-state index in [0.29, 0.717) is 12.2 Å². The first-order valence-corrected chi connectivity index (χ1v) is 15.8. The number of unbranched alkanes of at least 4 members (excludes halogenated alkanes) is 1. The number of imidazole rings is 1. The van der Waals surface area contributed by atoms with Crippen molar-refractivity contribution in [1.82, 2.24) is 19.5 Å². The molecule has 216 valence electrons. The van der Waals surface area contributed by atoms with E-state index >= 15 is 0 Å². The Labute approximate surface area is 225 Å². The van der Waals surface area contributed by atoms with Crippen LogP contribution in [0.4, 0.5) is 5.95 Å². The van der Waals surface area contributed by atoms with Crippen LogP contribution >= 0.6 is 7.60 Å². The Balaban J connectivity index is 1.64. The molecule has 0 radical (unpaired) electrons. The summed E-state index contributed by atoms with van der Waals surface area (Å²) in [6.45, 7) is 2.04. The largest absolute Gasteiger partial charge is 0.394 e. The highest BCUT2D eigenvalue weighted by Gasteiger charge is 2.27. The van der Waals surface area contributed by atoms with Gasteiger partial charge in [-0.05, 0) is 24.1 Å². The van der Waals surface area contributed by atoms with Gasteiger partial charge in [-0.1, -0.05) is 25.5 Å².